The van der Waals surface area contributed by atoms with Crippen LogP contribution in [0.5, 0.6) is 0 Å². The third-order valence-corrected chi connectivity index (χ3v) is 3.96. The highest BCUT2D eigenvalue weighted by Gasteiger charge is 2.50. The molecule has 1 amide bonds. The lowest BCUT2D eigenvalue weighted by Crippen LogP contribution is -2.51. The maximum atomic E-state index is 12.4. The van der Waals surface area contributed by atoms with Crippen molar-refractivity contribution in [2.75, 3.05) is 26.3 Å². The van der Waals surface area contributed by atoms with Gasteiger partial charge in [0.05, 0.1) is 18.6 Å². The van der Waals surface area contributed by atoms with Gasteiger partial charge in [0.2, 0.25) is 5.91 Å². The summed E-state index contributed by atoms with van der Waals surface area (Å²) in [5, 5.41) is 10.0. The SMILES string of the molecule is O=C(NCc1ccon1)[C@]12CNC[C@H]1CCOC2. The summed E-state index contributed by atoms with van der Waals surface area (Å²) in [6, 6.07) is 1.75. The van der Waals surface area contributed by atoms with Crippen molar-refractivity contribution in [2.45, 2.75) is 13.0 Å². The zero-order valence-electron chi connectivity index (χ0n) is 10.1. The number of fused-ring (bicyclic) bond motifs is 1. The van der Waals surface area contributed by atoms with E-state index in [0.717, 1.165) is 25.3 Å². The zero-order valence-corrected chi connectivity index (χ0v) is 10.1. The monoisotopic (exact) mass is 251 g/mol. The van der Waals surface area contributed by atoms with E-state index in [0.29, 0.717) is 25.6 Å². The number of carbonyl (C=O) groups is 1. The first kappa shape index (κ1) is 11.7. The second kappa shape index (κ2) is 4.70. The summed E-state index contributed by atoms with van der Waals surface area (Å²) in [6.45, 7) is 3.27. The molecular formula is C12H17N3O3. The molecule has 0 spiro atoms. The Bertz CT molecular complexity index is 420. The topological polar surface area (TPSA) is 76.4 Å². The first-order valence-electron chi connectivity index (χ1n) is 6.27. The lowest BCUT2D eigenvalue weighted by molar-refractivity contribution is -0.141. The Morgan fingerprint density at radius 1 is 1.67 bits per heavy atom. The van der Waals surface area contributed by atoms with E-state index in [1.165, 1.54) is 6.26 Å². The molecule has 2 N–H and O–H groups in total. The van der Waals surface area contributed by atoms with Crippen molar-refractivity contribution in [2.24, 2.45) is 11.3 Å². The molecule has 2 fully saturated rings. The first-order valence-corrected chi connectivity index (χ1v) is 6.27. The highest BCUT2D eigenvalue weighted by molar-refractivity contribution is 5.84. The zero-order chi connectivity index (χ0) is 12.4. The standard InChI is InChI=1S/C12H17N3O3/c16-11(14-6-10-2-4-18-15-10)12-7-13-5-9(12)1-3-17-8-12/h2,4,9,13H,1,3,5-8H2,(H,14,16)/t9-,12+/m1/s1. The van der Waals surface area contributed by atoms with Crippen molar-refractivity contribution >= 4 is 5.91 Å². The van der Waals surface area contributed by atoms with Gasteiger partial charge in [-0.15, -0.1) is 0 Å². The maximum Gasteiger partial charge on any atom is 0.230 e. The third kappa shape index (κ3) is 1.91. The summed E-state index contributed by atoms with van der Waals surface area (Å²) in [6.07, 6.45) is 2.45. The van der Waals surface area contributed by atoms with Crippen LogP contribution < -0.4 is 10.6 Å². The molecule has 1 aromatic heterocycles. The fourth-order valence-corrected chi connectivity index (χ4v) is 2.84. The predicted molar refractivity (Wildman–Crippen MR) is 62.6 cm³/mol. The van der Waals surface area contributed by atoms with Gasteiger partial charge >= 0.3 is 0 Å². The van der Waals surface area contributed by atoms with Gasteiger partial charge in [-0.05, 0) is 18.9 Å². The van der Waals surface area contributed by atoms with Crippen molar-refractivity contribution < 1.29 is 14.1 Å². The van der Waals surface area contributed by atoms with E-state index < -0.39 is 5.41 Å². The van der Waals surface area contributed by atoms with Crippen LogP contribution in [0.2, 0.25) is 0 Å². The average Bonchev–Trinajstić information content (AvgIpc) is 3.05. The predicted octanol–water partition coefficient (Wildman–Crippen LogP) is -0.0831. The van der Waals surface area contributed by atoms with Crippen LogP contribution in [0.15, 0.2) is 16.9 Å². The minimum Gasteiger partial charge on any atom is -0.380 e. The molecule has 0 bridgehead atoms. The number of amides is 1. The number of hydrogen-bond donors (Lipinski definition) is 2. The molecule has 2 saturated heterocycles. The van der Waals surface area contributed by atoms with Crippen LogP contribution in [-0.4, -0.2) is 37.4 Å². The van der Waals surface area contributed by atoms with Gasteiger partial charge < -0.3 is 19.9 Å². The number of aromatic nitrogens is 1. The summed E-state index contributed by atoms with van der Waals surface area (Å²) in [5.41, 5.74) is 0.334. The average molecular weight is 251 g/mol. The molecule has 0 aliphatic carbocycles. The molecule has 0 aromatic carbocycles. The highest BCUT2D eigenvalue weighted by Crippen LogP contribution is 2.37. The van der Waals surface area contributed by atoms with Crippen LogP contribution >= 0.6 is 0 Å². The number of ether oxygens (including phenoxy) is 1. The Kier molecular flexibility index (Phi) is 3.05. The van der Waals surface area contributed by atoms with Crippen LogP contribution in [0.4, 0.5) is 0 Å². The molecule has 1 aromatic rings. The number of nitrogens with zero attached hydrogens (tertiary/aromatic N) is 1. The van der Waals surface area contributed by atoms with E-state index in [1.807, 2.05) is 0 Å². The molecule has 0 radical (unpaired) electrons. The van der Waals surface area contributed by atoms with Crippen molar-refractivity contribution in [3.63, 3.8) is 0 Å². The minimum absolute atomic E-state index is 0.0557. The smallest absolute Gasteiger partial charge is 0.230 e. The quantitative estimate of drug-likeness (QED) is 0.785. The van der Waals surface area contributed by atoms with Crippen LogP contribution in [0.3, 0.4) is 0 Å². The van der Waals surface area contributed by atoms with E-state index in [-0.39, 0.29) is 5.91 Å². The molecule has 6 nitrogen and oxygen atoms in total. The van der Waals surface area contributed by atoms with Crippen LogP contribution in [0.25, 0.3) is 0 Å². The van der Waals surface area contributed by atoms with Gasteiger partial charge in [0.25, 0.3) is 0 Å². The molecule has 2 aliphatic heterocycles. The summed E-state index contributed by atoms with van der Waals surface area (Å²) in [7, 11) is 0. The lowest BCUT2D eigenvalue weighted by atomic mass is 9.75. The molecule has 3 rings (SSSR count). The number of hydrogen-bond acceptors (Lipinski definition) is 5. The van der Waals surface area contributed by atoms with E-state index in [2.05, 4.69) is 15.8 Å². The molecule has 18 heavy (non-hydrogen) atoms. The minimum atomic E-state index is -0.401. The van der Waals surface area contributed by atoms with Crippen molar-refractivity contribution in [1.82, 2.24) is 15.8 Å². The molecule has 3 heterocycles. The molecule has 2 aliphatic rings. The normalized spacial score (nSPS) is 31.0. The van der Waals surface area contributed by atoms with E-state index in [1.54, 1.807) is 6.07 Å². The summed E-state index contributed by atoms with van der Waals surface area (Å²) < 4.78 is 10.2. The molecule has 0 unspecified atom stereocenters. The fourth-order valence-electron chi connectivity index (χ4n) is 2.84. The summed E-state index contributed by atoms with van der Waals surface area (Å²) in [4.78, 5) is 12.4. The summed E-state index contributed by atoms with van der Waals surface area (Å²) >= 11 is 0. The van der Waals surface area contributed by atoms with E-state index >= 15 is 0 Å². The molecular weight excluding hydrogens is 234 g/mol. The second-order valence-corrected chi connectivity index (χ2v) is 5.00. The third-order valence-electron chi connectivity index (χ3n) is 3.96. The van der Waals surface area contributed by atoms with Crippen molar-refractivity contribution in [3.8, 4) is 0 Å². The van der Waals surface area contributed by atoms with Gasteiger partial charge in [0.15, 0.2) is 0 Å². The van der Waals surface area contributed by atoms with Gasteiger partial charge in [-0.1, -0.05) is 5.16 Å². The Morgan fingerprint density at radius 3 is 3.44 bits per heavy atom. The van der Waals surface area contributed by atoms with Gasteiger partial charge in [-0.25, -0.2) is 0 Å². The Labute approximate surface area is 105 Å². The van der Waals surface area contributed by atoms with Crippen LogP contribution in [-0.2, 0) is 16.1 Å². The Hall–Kier alpha value is -1.40. The molecule has 2 atom stereocenters. The number of nitrogens with one attached hydrogen (secondary N) is 2. The van der Waals surface area contributed by atoms with Gasteiger partial charge in [-0.3, -0.25) is 4.79 Å². The first-order chi connectivity index (χ1) is 8.81. The largest absolute Gasteiger partial charge is 0.380 e. The van der Waals surface area contributed by atoms with Gasteiger partial charge in [0.1, 0.15) is 12.0 Å². The Morgan fingerprint density at radius 2 is 2.61 bits per heavy atom. The van der Waals surface area contributed by atoms with Crippen LogP contribution in [0, 0.1) is 11.3 Å². The van der Waals surface area contributed by atoms with Gasteiger partial charge in [-0.2, -0.15) is 0 Å². The van der Waals surface area contributed by atoms with Crippen LogP contribution in [0.1, 0.15) is 12.1 Å². The van der Waals surface area contributed by atoms with E-state index in [4.69, 9.17) is 9.26 Å². The fraction of sp³-hybridized carbons (Fsp3) is 0.667. The highest BCUT2D eigenvalue weighted by atomic mass is 16.5. The Balaban J connectivity index is 1.66. The molecule has 6 heteroatoms. The lowest BCUT2D eigenvalue weighted by Gasteiger charge is -2.36. The van der Waals surface area contributed by atoms with Crippen molar-refractivity contribution in [3.05, 3.63) is 18.0 Å². The number of rotatable bonds is 3. The second-order valence-electron chi connectivity index (χ2n) is 5.00. The van der Waals surface area contributed by atoms with Gasteiger partial charge in [0, 0.05) is 19.2 Å². The van der Waals surface area contributed by atoms with Crippen molar-refractivity contribution in [1.29, 1.82) is 0 Å². The number of carbonyl (C=O) groups excluding carboxylic acids is 1. The summed E-state index contributed by atoms with van der Waals surface area (Å²) in [5.74, 6) is 0.434. The maximum absolute atomic E-state index is 12.4. The van der Waals surface area contributed by atoms with E-state index in [9.17, 15) is 4.79 Å². The molecule has 0 saturated carbocycles. The molecule has 98 valence electrons.